The number of hydrogen-bond donors (Lipinski definition) is 1. The van der Waals surface area contributed by atoms with Crippen molar-refractivity contribution in [2.24, 2.45) is 0 Å². The molecule has 0 saturated carbocycles. The van der Waals surface area contributed by atoms with Crippen molar-refractivity contribution in [3.63, 3.8) is 0 Å². The quantitative estimate of drug-likeness (QED) is 0.800. The molecule has 0 spiro atoms. The van der Waals surface area contributed by atoms with Crippen LogP contribution in [0, 0.1) is 0 Å². The molecule has 1 saturated heterocycles. The van der Waals surface area contributed by atoms with Crippen LogP contribution in [0.2, 0.25) is 0 Å². The second-order valence-electron chi connectivity index (χ2n) is 3.89. The molecule has 2 rings (SSSR count). The highest BCUT2D eigenvalue weighted by atomic mass is 32.1. The summed E-state index contributed by atoms with van der Waals surface area (Å²) >= 11 is 0.974. The van der Waals surface area contributed by atoms with Crippen molar-refractivity contribution in [3.8, 4) is 0 Å². The molecule has 1 N–H and O–H groups in total. The van der Waals surface area contributed by atoms with E-state index in [1.54, 1.807) is 11.9 Å². The fourth-order valence-corrected chi connectivity index (χ4v) is 2.30. The molecule has 0 atom stereocenters. The maximum Gasteiger partial charge on any atom is 0.355 e. The molecular weight excluding hydrogens is 258 g/mol. The molecule has 0 aliphatic carbocycles. The third-order valence-electron chi connectivity index (χ3n) is 2.65. The molecule has 1 fully saturated rings. The Balaban J connectivity index is 2.11. The maximum atomic E-state index is 12.0. The minimum absolute atomic E-state index is 0.0112. The Bertz CT molecular complexity index is 513. The van der Waals surface area contributed by atoms with Crippen LogP contribution in [0.15, 0.2) is 5.38 Å². The molecule has 0 bridgehead atoms. The summed E-state index contributed by atoms with van der Waals surface area (Å²) in [6.07, 6.45) is 0. The fourth-order valence-electron chi connectivity index (χ4n) is 1.54. The summed E-state index contributed by atoms with van der Waals surface area (Å²) in [4.78, 5) is 40.8. The number of aromatic nitrogens is 1. The molecule has 1 aromatic rings. The summed E-state index contributed by atoms with van der Waals surface area (Å²) in [5.74, 6) is -1.70. The van der Waals surface area contributed by atoms with Crippen LogP contribution in [-0.4, -0.2) is 64.4 Å². The molecular formula is C10H11N3O4S. The minimum atomic E-state index is -1.17. The van der Waals surface area contributed by atoms with Crippen LogP contribution in [0.25, 0.3) is 0 Å². The Labute approximate surface area is 107 Å². The third kappa shape index (κ3) is 2.33. The van der Waals surface area contributed by atoms with Gasteiger partial charge in [-0.3, -0.25) is 9.59 Å². The average Bonchev–Trinajstić information content (AvgIpc) is 2.81. The van der Waals surface area contributed by atoms with Crippen LogP contribution in [0.3, 0.4) is 0 Å². The highest BCUT2D eigenvalue weighted by Crippen LogP contribution is 2.14. The molecule has 1 aromatic heterocycles. The fraction of sp³-hybridized carbons (Fsp3) is 0.400. The van der Waals surface area contributed by atoms with Crippen molar-refractivity contribution in [1.29, 1.82) is 0 Å². The van der Waals surface area contributed by atoms with Gasteiger partial charge in [-0.2, -0.15) is 0 Å². The van der Waals surface area contributed by atoms with E-state index < -0.39 is 11.9 Å². The minimum Gasteiger partial charge on any atom is -0.476 e. The normalized spacial score (nSPS) is 15.9. The van der Waals surface area contributed by atoms with Gasteiger partial charge < -0.3 is 14.9 Å². The number of piperazine rings is 1. The van der Waals surface area contributed by atoms with Gasteiger partial charge in [0.2, 0.25) is 5.91 Å². The Morgan fingerprint density at radius 1 is 1.44 bits per heavy atom. The summed E-state index contributed by atoms with van der Waals surface area (Å²) in [6, 6.07) is 0. The van der Waals surface area contributed by atoms with Crippen LogP contribution in [0.5, 0.6) is 0 Å². The van der Waals surface area contributed by atoms with Gasteiger partial charge in [-0.1, -0.05) is 0 Å². The van der Waals surface area contributed by atoms with Gasteiger partial charge in [0.15, 0.2) is 10.7 Å². The van der Waals surface area contributed by atoms with E-state index >= 15 is 0 Å². The third-order valence-corrected chi connectivity index (χ3v) is 3.48. The Morgan fingerprint density at radius 3 is 2.72 bits per heavy atom. The second kappa shape index (κ2) is 4.73. The van der Waals surface area contributed by atoms with E-state index in [-0.39, 0.29) is 23.2 Å². The van der Waals surface area contributed by atoms with Crippen LogP contribution < -0.4 is 0 Å². The predicted octanol–water partition coefficient (Wildman–Crippen LogP) is -0.244. The first-order valence-corrected chi connectivity index (χ1v) is 6.09. The number of amides is 2. The summed E-state index contributed by atoms with van der Waals surface area (Å²) in [5, 5.41) is 10.1. The number of carboxylic acid groups (broad SMARTS) is 1. The number of carboxylic acids is 1. The smallest absolute Gasteiger partial charge is 0.355 e. The van der Waals surface area contributed by atoms with E-state index in [1.165, 1.54) is 10.3 Å². The number of carbonyl (C=O) groups is 3. The zero-order valence-electron chi connectivity index (χ0n) is 9.62. The van der Waals surface area contributed by atoms with Gasteiger partial charge in [-0.25, -0.2) is 9.78 Å². The van der Waals surface area contributed by atoms with Gasteiger partial charge in [0, 0.05) is 25.5 Å². The van der Waals surface area contributed by atoms with Gasteiger partial charge in [-0.15, -0.1) is 11.3 Å². The number of aromatic carboxylic acids is 1. The molecule has 1 aliphatic rings. The number of likely N-dealkylation sites (N-methyl/N-ethyl adjacent to an activating group) is 1. The molecule has 96 valence electrons. The van der Waals surface area contributed by atoms with Gasteiger partial charge in [0.1, 0.15) is 6.54 Å². The lowest BCUT2D eigenvalue weighted by Crippen LogP contribution is -2.50. The first kappa shape index (κ1) is 12.5. The van der Waals surface area contributed by atoms with Gasteiger partial charge in [0.25, 0.3) is 5.91 Å². The van der Waals surface area contributed by atoms with E-state index in [1.807, 2.05) is 0 Å². The Hall–Kier alpha value is -1.96. The van der Waals surface area contributed by atoms with E-state index in [0.29, 0.717) is 13.1 Å². The number of thiazole rings is 1. The van der Waals surface area contributed by atoms with Crippen LogP contribution in [0.1, 0.15) is 20.3 Å². The van der Waals surface area contributed by atoms with E-state index in [9.17, 15) is 14.4 Å². The van der Waals surface area contributed by atoms with Crippen molar-refractivity contribution in [2.75, 3.05) is 26.7 Å². The molecule has 0 radical (unpaired) electrons. The molecule has 7 nitrogen and oxygen atoms in total. The standard InChI is InChI=1S/C10H11N3O4S/c1-12-2-3-13(4-7(12)14)9(15)8-11-6(5-18-8)10(16)17/h5H,2-4H2,1H3,(H,16,17). The van der Waals surface area contributed by atoms with Gasteiger partial charge >= 0.3 is 5.97 Å². The molecule has 8 heteroatoms. The summed E-state index contributed by atoms with van der Waals surface area (Å²) in [5.41, 5.74) is -0.149. The average molecular weight is 269 g/mol. The Kier molecular flexibility index (Phi) is 3.28. The van der Waals surface area contributed by atoms with Crippen molar-refractivity contribution in [3.05, 3.63) is 16.1 Å². The van der Waals surface area contributed by atoms with Gasteiger partial charge in [-0.05, 0) is 0 Å². The molecule has 18 heavy (non-hydrogen) atoms. The highest BCUT2D eigenvalue weighted by molar-refractivity contribution is 7.11. The van der Waals surface area contributed by atoms with Crippen LogP contribution >= 0.6 is 11.3 Å². The predicted molar refractivity (Wildman–Crippen MR) is 62.6 cm³/mol. The topological polar surface area (TPSA) is 90.8 Å². The second-order valence-corrected chi connectivity index (χ2v) is 4.74. The van der Waals surface area contributed by atoms with Crippen molar-refractivity contribution >= 4 is 29.1 Å². The van der Waals surface area contributed by atoms with E-state index in [4.69, 9.17) is 5.11 Å². The molecule has 0 aromatic carbocycles. The summed E-state index contributed by atoms with van der Waals surface area (Å²) in [6.45, 7) is 0.919. The van der Waals surface area contributed by atoms with Crippen molar-refractivity contribution in [2.45, 2.75) is 0 Å². The number of carbonyl (C=O) groups excluding carboxylic acids is 2. The lowest BCUT2D eigenvalue weighted by atomic mass is 10.3. The first-order valence-electron chi connectivity index (χ1n) is 5.21. The largest absolute Gasteiger partial charge is 0.476 e. The van der Waals surface area contributed by atoms with Crippen LogP contribution in [-0.2, 0) is 4.79 Å². The zero-order chi connectivity index (χ0) is 13.3. The highest BCUT2D eigenvalue weighted by Gasteiger charge is 2.27. The van der Waals surface area contributed by atoms with E-state index in [2.05, 4.69) is 4.98 Å². The number of nitrogens with zero attached hydrogens (tertiary/aromatic N) is 3. The lowest BCUT2D eigenvalue weighted by Gasteiger charge is -2.31. The zero-order valence-corrected chi connectivity index (χ0v) is 10.4. The monoisotopic (exact) mass is 269 g/mol. The number of hydrogen-bond acceptors (Lipinski definition) is 5. The molecule has 2 amide bonds. The van der Waals surface area contributed by atoms with Crippen molar-refractivity contribution in [1.82, 2.24) is 14.8 Å². The lowest BCUT2D eigenvalue weighted by molar-refractivity contribution is -0.133. The SMILES string of the molecule is CN1CCN(C(=O)c2nc(C(=O)O)cs2)CC1=O. The molecule has 1 aliphatic heterocycles. The van der Waals surface area contributed by atoms with E-state index in [0.717, 1.165) is 11.3 Å². The number of rotatable bonds is 2. The molecule has 0 unspecified atom stereocenters. The van der Waals surface area contributed by atoms with Gasteiger partial charge in [0.05, 0.1) is 0 Å². The maximum absolute atomic E-state index is 12.0. The Morgan fingerprint density at radius 2 is 2.17 bits per heavy atom. The van der Waals surface area contributed by atoms with Crippen LogP contribution in [0.4, 0.5) is 0 Å². The van der Waals surface area contributed by atoms with Crippen molar-refractivity contribution < 1.29 is 19.5 Å². The summed E-state index contributed by atoms with van der Waals surface area (Å²) in [7, 11) is 1.68. The first-order chi connectivity index (χ1) is 8.49. The summed E-state index contributed by atoms with van der Waals surface area (Å²) < 4.78 is 0. The molecule has 2 heterocycles.